The van der Waals surface area contributed by atoms with Crippen LogP contribution >= 0.6 is 39.3 Å². The van der Waals surface area contributed by atoms with Crippen LogP contribution in [-0.4, -0.2) is 32.3 Å². The third-order valence-electron chi connectivity index (χ3n) is 4.62. The second-order valence-corrected chi connectivity index (χ2v) is 9.36. The van der Waals surface area contributed by atoms with Gasteiger partial charge in [0.25, 0.3) is 0 Å². The second-order valence-electron chi connectivity index (χ2n) is 7.15. The molecule has 2 amide bonds. The van der Waals surface area contributed by atoms with Crippen molar-refractivity contribution in [3.8, 4) is 0 Å². The number of hydrogen-bond acceptors (Lipinski definition) is 5. The number of nitrogens with zero attached hydrogens (tertiary/aromatic N) is 3. The quantitative estimate of drug-likeness (QED) is 0.384. The van der Waals surface area contributed by atoms with Crippen molar-refractivity contribution in [1.82, 2.24) is 14.8 Å². The Labute approximate surface area is 204 Å². The molecule has 0 radical (unpaired) electrons. The number of amides is 2. The van der Waals surface area contributed by atoms with E-state index in [-0.39, 0.29) is 24.0 Å². The van der Waals surface area contributed by atoms with Gasteiger partial charge in [0.1, 0.15) is 5.82 Å². The number of thioether (sulfide) groups is 1. The molecule has 0 saturated carbocycles. The summed E-state index contributed by atoms with van der Waals surface area (Å²) >= 11 is 10.7. The lowest BCUT2D eigenvalue weighted by molar-refractivity contribution is -0.116. The molecule has 2 N–H and O–H groups in total. The van der Waals surface area contributed by atoms with Crippen molar-refractivity contribution in [2.24, 2.45) is 0 Å². The van der Waals surface area contributed by atoms with Gasteiger partial charge in [-0.25, -0.2) is 0 Å². The highest BCUT2D eigenvalue weighted by Crippen LogP contribution is 2.26. The number of carbonyl (C=O) groups excluding carboxylic acids is 2. The Morgan fingerprint density at radius 2 is 1.88 bits per heavy atom. The molecule has 0 atom stereocenters. The molecule has 0 aliphatic rings. The highest BCUT2D eigenvalue weighted by Gasteiger charge is 2.16. The third kappa shape index (κ3) is 6.34. The minimum atomic E-state index is -0.187. The van der Waals surface area contributed by atoms with Gasteiger partial charge in [0.15, 0.2) is 5.16 Å². The fraction of sp³-hybridized carbons (Fsp3) is 0.273. The van der Waals surface area contributed by atoms with Crippen LogP contribution in [0.4, 0.5) is 11.4 Å². The lowest BCUT2D eigenvalue weighted by Crippen LogP contribution is -2.18. The Morgan fingerprint density at radius 1 is 1.09 bits per heavy atom. The topological polar surface area (TPSA) is 88.9 Å². The zero-order valence-electron chi connectivity index (χ0n) is 17.9. The molecule has 0 fully saturated rings. The second kappa shape index (κ2) is 11.0. The molecule has 0 aliphatic carbocycles. The van der Waals surface area contributed by atoms with E-state index in [0.717, 1.165) is 21.3 Å². The van der Waals surface area contributed by atoms with Crippen LogP contribution in [0.25, 0.3) is 0 Å². The van der Waals surface area contributed by atoms with E-state index in [1.807, 2.05) is 43.5 Å². The summed E-state index contributed by atoms with van der Waals surface area (Å²) in [4.78, 5) is 24.9. The van der Waals surface area contributed by atoms with Gasteiger partial charge < -0.3 is 15.2 Å². The van der Waals surface area contributed by atoms with Crippen molar-refractivity contribution in [1.29, 1.82) is 0 Å². The minimum Gasteiger partial charge on any atom is -0.325 e. The van der Waals surface area contributed by atoms with Crippen LogP contribution in [-0.2, 0) is 22.6 Å². The van der Waals surface area contributed by atoms with Crippen molar-refractivity contribution in [2.45, 2.75) is 38.9 Å². The van der Waals surface area contributed by atoms with Gasteiger partial charge in [-0.05, 0) is 66.5 Å². The first-order chi connectivity index (χ1) is 15.3. The molecule has 0 unspecified atom stereocenters. The van der Waals surface area contributed by atoms with Crippen LogP contribution in [0.5, 0.6) is 0 Å². The summed E-state index contributed by atoms with van der Waals surface area (Å²) in [5.74, 6) is 0.353. The van der Waals surface area contributed by atoms with E-state index in [2.05, 4.69) is 36.8 Å². The summed E-state index contributed by atoms with van der Waals surface area (Å²) in [5, 5.41) is 15.2. The summed E-state index contributed by atoms with van der Waals surface area (Å²) in [6, 6.07) is 11.1. The van der Waals surface area contributed by atoms with Gasteiger partial charge in [0.05, 0.1) is 17.2 Å². The molecule has 168 valence electrons. The van der Waals surface area contributed by atoms with Crippen molar-refractivity contribution in [3.63, 3.8) is 0 Å². The van der Waals surface area contributed by atoms with Crippen molar-refractivity contribution in [2.75, 3.05) is 16.4 Å². The maximum Gasteiger partial charge on any atom is 0.234 e. The molecule has 10 heteroatoms. The number of aryl methyl sites for hydroxylation is 2. The van der Waals surface area contributed by atoms with Gasteiger partial charge in [-0.3, -0.25) is 9.59 Å². The lowest BCUT2D eigenvalue weighted by atomic mass is 10.1. The first kappa shape index (κ1) is 24.3. The van der Waals surface area contributed by atoms with Gasteiger partial charge in [-0.2, -0.15) is 0 Å². The van der Waals surface area contributed by atoms with E-state index in [1.165, 1.54) is 11.8 Å². The van der Waals surface area contributed by atoms with Gasteiger partial charge in [0.2, 0.25) is 11.8 Å². The van der Waals surface area contributed by atoms with E-state index in [0.29, 0.717) is 28.2 Å². The highest BCUT2D eigenvalue weighted by atomic mass is 79.9. The predicted octanol–water partition coefficient (Wildman–Crippen LogP) is 5.24. The summed E-state index contributed by atoms with van der Waals surface area (Å²) in [5.41, 5.74) is 3.54. The van der Waals surface area contributed by atoms with Crippen LogP contribution in [0.2, 0.25) is 5.02 Å². The number of carbonyl (C=O) groups is 2. The van der Waals surface area contributed by atoms with Gasteiger partial charge in [-0.15, -0.1) is 10.2 Å². The Hall–Kier alpha value is -2.36. The third-order valence-corrected chi connectivity index (χ3v) is 6.82. The molecule has 0 spiro atoms. The van der Waals surface area contributed by atoms with E-state index in [9.17, 15) is 9.59 Å². The van der Waals surface area contributed by atoms with Crippen molar-refractivity contribution < 1.29 is 9.59 Å². The zero-order valence-corrected chi connectivity index (χ0v) is 21.1. The summed E-state index contributed by atoms with van der Waals surface area (Å²) in [6.07, 6.45) is 0.0955. The molecule has 1 heterocycles. The molecule has 3 rings (SSSR count). The number of rotatable bonds is 8. The number of benzene rings is 2. The number of aromatic nitrogens is 3. The molecule has 32 heavy (non-hydrogen) atoms. The summed E-state index contributed by atoms with van der Waals surface area (Å²) in [6.45, 7) is 6.50. The van der Waals surface area contributed by atoms with Gasteiger partial charge in [-0.1, -0.05) is 41.1 Å². The molecule has 0 saturated heterocycles. The monoisotopic (exact) mass is 535 g/mol. The smallest absolute Gasteiger partial charge is 0.234 e. The lowest BCUT2D eigenvalue weighted by Gasteiger charge is -2.10. The minimum absolute atomic E-state index is 0.0955. The normalized spacial score (nSPS) is 10.8. The number of halogens is 2. The van der Waals surface area contributed by atoms with Crippen LogP contribution in [0.15, 0.2) is 46.0 Å². The standard InChI is InChI=1S/C22H23BrClN5O2S/c1-4-29-19(11-20(30)26-18-8-5-13(2)9-14(18)3)27-28-22(29)32-12-21(31)25-15-6-7-16(23)17(24)10-15/h5-10H,4,11-12H2,1-3H3,(H,25,31)(H,26,30). The number of hydrogen-bond donors (Lipinski definition) is 2. The molecule has 1 aromatic heterocycles. The molecule has 0 bridgehead atoms. The van der Waals surface area contributed by atoms with Gasteiger partial charge >= 0.3 is 0 Å². The van der Waals surface area contributed by atoms with Crippen LogP contribution in [0.3, 0.4) is 0 Å². The molecule has 2 aromatic carbocycles. The highest BCUT2D eigenvalue weighted by molar-refractivity contribution is 9.10. The Bertz CT molecular complexity index is 1150. The Kier molecular flexibility index (Phi) is 8.33. The fourth-order valence-corrected chi connectivity index (χ4v) is 4.32. The molecule has 3 aromatic rings. The SMILES string of the molecule is CCn1c(CC(=O)Nc2ccc(C)cc2C)nnc1SCC(=O)Nc1ccc(Br)c(Cl)c1. The van der Waals surface area contributed by atoms with Crippen molar-refractivity contribution >= 4 is 62.5 Å². The molecular weight excluding hydrogens is 514 g/mol. The number of anilines is 2. The Balaban J connectivity index is 1.59. The zero-order chi connectivity index (χ0) is 23.3. The average Bonchev–Trinajstić information content (AvgIpc) is 3.12. The first-order valence-corrected chi connectivity index (χ1v) is 12.1. The average molecular weight is 537 g/mol. The van der Waals surface area contributed by atoms with Crippen LogP contribution in [0.1, 0.15) is 23.9 Å². The van der Waals surface area contributed by atoms with E-state index in [4.69, 9.17) is 11.6 Å². The molecule has 0 aliphatic heterocycles. The summed E-state index contributed by atoms with van der Waals surface area (Å²) in [7, 11) is 0. The summed E-state index contributed by atoms with van der Waals surface area (Å²) < 4.78 is 2.60. The number of nitrogens with one attached hydrogen (secondary N) is 2. The van der Waals surface area contributed by atoms with Crippen LogP contribution in [0, 0.1) is 13.8 Å². The maximum atomic E-state index is 12.5. The predicted molar refractivity (Wildman–Crippen MR) is 132 cm³/mol. The largest absolute Gasteiger partial charge is 0.325 e. The van der Waals surface area contributed by atoms with E-state index < -0.39 is 0 Å². The first-order valence-electron chi connectivity index (χ1n) is 9.93. The van der Waals surface area contributed by atoms with Crippen molar-refractivity contribution in [3.05, 3.63) is 62.8 Å². The fourth-order valence-electron chi connectivity index (χ4n) is 3.07. The van der Waals surface area contributed by atoms with E-state index >= 15 is 0 Å². The van der Waals surface area contributed by atoms with Gasteiger partial charge in [0, 0.05) is 22.4 Å². The Morgan fingerprint density at radius 3 is 2.56 bits per heavy atom. The maximum absolute atomic E-state index is 12.5. The van der Waals surface area contributed by atoms with E-state index in [1.54, 1.807) is 18.2 Å². The molecular formula is C22H23BrClN5O2S. The molecule has 7 nitrogen and oxygen atoms in total. The van der Waals surface area contributed by atoms with Crippen LogP contribution < -0.4 is 10.6 Å².